The Morgan fingerprint density at radius 2 is 2.23 bits per heavy atom. The number of benzene rings is 1. The first-order valence-corrected chi connectivity index (χ1v) is 4.17. The van der Waals surface area contributed by atoms with Crippen LogP contribution in [0.4, 0.5) is 0 Å². The fourth-order valence-corrected chi connectivity index (χ4v) is 1.60. The van der Waals surface area contributed by atoms with Gasteiger partial charge in [-0.2, -0.15) is 0 Å². The molecule has 0 spiro atoms. The summed E-state index contributed by atoms with van der Waals surface area (Å²) in [4.78, 5) is 0. The molecule has 2 rings (SSSR count). The first kappa shape index (κ1) is 8.53. The van der Waals surface area contributed by atoms with Gasteiger partial charge in [-0.1, -0.05) is 12.1 Å². The average molecular weight is 180 g/mol. The lowest BCUT2D eigenvalue weighted by Crippen LogP contribution is -2.00. The SMILES string of the molecule is COc1cccc2c1C(OC)OC2. The number of fused-ring (bicyclic) bond motifs is 1. The van der Waals surface area contributed by atoms with Gasteiger partial charge in [-0.05, 0) is 11.6 Å². The van der Waals surface area contributed by atoms with Crippen LogP contribution < -0.4 is 4.74 Å². The Bertz CT molecular complexity index is 309. The van der Waals surface area contributed by atoms with Crippen LogP contribution in [0.15, 0.2) is 18.2 Å². The minimum Gasteiger partial charge on any atom is -0.496 e. The lowest BCUT2D eigenvalue weighted by molar-refractivity contribution is -0.118. The van der Waals surface area contributed by atoms with Gasteiger partial charge in [0.1, 0.15) is 5.75 Å². The van der Waals surface area contributed by atoms with E-state index in [1.54, 1.807) is 14.2 Å². The molecule has 0 N–H and O–H groups in total. The zero-order chi connectivity index (χ0) is 9.26. The molecule has 3 nitrogen and oxygen atoms in total. The highest BCUT2D eigenvalue weighted by atomic mass is 16.7. The molecule has 1 unspecified atom stereocenters. The maximum absolute atomic E-state index is 5.41. The highest BCUT2D eigenvalue weighted by Gasteiger charge is 2.26. The van der Waals surface area contributed by atoms with Gasteiger partial charge in [0.25, 0.3) is 0 Å². The molecule has 1 atom stereocenters. The quantitative estimate of drug-likeness (QED) is 0.695. The van der Waals surface area contributed by atoms with Crippen molar-refractivity contribution in [3.05, 3.63) is 29.3 Å². The van der Waals surface area contributed by atoms with E-state index in [4.69, 9.17) is 14.2 Å². The van der Waals surface area contributed by atoms with Crippen molar-refractivity contribution in [1.82, 2.24) is 0 Å². The standard InChI is InChI=1S/C10H12O3/c1-11-8-5-3-4-7-6-13-10(12-2)9(7)8/h3-5,10H,6H2,1-2H3. The van der Waals surface area contributed by atoms with E-state index in [1.165, 1.54) is 0 Å². The van der Waals surface area contributed by atoms with Gasteiger partial charge in [0.05, 0.1) is 19.3 Å². The van der Waals surface area contributed by atoms with Gasteiger partial charge in [0.15, 0.2) is 6.29 Å². The number of ether oxygens (including phenoxy) is 3. The van der Waals surface area contributed by atoms with E-state index >= 15 is 0 Å². The first-order valence-electron chi connectivity index (χ1n) is 4.17. The van der Waals surface area contributed by atoms with Gasteiger partial charge in [0.2, 0.25) is 0 Å². The third-order valence-corrected chi connectivity index (χ3v) is 2.22. The van der Waals surface area contributed by atoms with E-state index in [2.05, 4.69) is 0 Å². The molecule has 1 heterocycles. The summed E-state index contributed by atoms with van der Waals surface area (Å²) < 4.78 is 15.8. The molecular weight excluding hydrogens is 168 g/mol. The van der Waals surface area contributed by atoms with Crippen molar-refractivity contribution in [3.8, 4) is 5.75 Å². The third-order valence-electron chi connectivity index (χ3n) is 2.22. The first-order chi connectivity index (χ1) is 6.36. The molecule has 0 aliphatic carbocycles. The second kappa shape index (κ2) is 3.36. The predicted octanol–water partition coefficient (Wildman–Crippen LogP) is 1.87. The monoisotopic (exact) mass is 180 g/mol. The Morgan fingerprint density at radius 3 is 2.92 bits per heavy atom. The molecule has 0 bridgehead atoms. The third kappa shape index (κ3) is 1.30. The maximum Gasteiger partial charge on any atom is 0.187 e. The fourth-order valence-electron chi connectivity index (χ4n) is 1.60. The summed E-state index contributed by atoms with van der Waals surface area (Å²) in [6.45, 7) is 0.602. The van der Waals surface area contributed by atoms with Gasteiger partial charge >= 0.3 is 0 Å². The highest BCUT2D eigenvalue weighted by molar-refractivity contribution is 5.42. The summed E-state index contributed by atoms with van der Waals surface area (Å²) in [5.41, 5.74) is 2.17. The Labute approximate surface area is 77.2 Å². The Balaban J connectivity index is 2.46. The Morgan fingerprint density at radius 1 is 1.38 bits per heavy atom. The van der Waals surface area contributed by atoms with Gasteiger partial charge in [-0.15, -0.1) is 0 Å². The smallest absolute Gasteiger partial charge is 0.187 e. The predicted molar refractivity (Wildman–Crippen MR) is 47.5 cm³/mol. The van der Waals surface area contributed by atoms with Crippen molar-refractivity contribution in [2.24, 2.45) is 0 Å². The second-order valence-electron chi connectivity index (χ2n) is 2.91. The molecule has 0 radical (unpaired) electrons. The summed E-state index contributed by atoms with van der Waals surface area (Å²) in [6, 6.07) is 5.90. The van der Waals surface area contributed by atoms with Crippen molar-refractivity contribution in [1.29, 1.82) is 0 Å². The van der Waals surface area contributed by atoms with Gasteiger partial charge in [0, 0.05) is 7.11 Å². The van der Waals surface area contributed by atoms with Crippen LogP contribution in [0.1, 0.15) is 17.4 Å². The van der Waals surface area contributed by atoms with E-state index in [0.717, 1.165) is 16.9 Å². The Hall–Kier alpha value is -1.06. The molecule has 0 saturated carbocycles. The number of hydrogen-bond acceptors (Lipinski definition) is 3. The highest BCUT2D eigenvalue weighted by Crippen LogP contribution is 2.37. The molecule has 0 saturated heterocycles. The second-order valence-corrected chi connectivity index (χ2v) is 2.91. The normalized spacial score (nSPS) is 20.0. The average Bonchev–Trinajstić information content (AvgIpc) is 2.60. The van der Waals surface area contributed by atoms with Crippen LogP contribution in [-0.4, -0.2) is 14.2 Å². The largest absolute Gasteiger partial charge is 0.496 e. The lowest BCUT2D eigenvalue weighted by atomic mass is 10.1. The summed E-state index contributed by atoms with van der Waals surface area (Å²) in [5.74, 6) is 0.835. The molecule has 1 aromatic rings. The van der Waals surface area contributed by atoms with Gasteiger partial charge < -0.3 is 14.2 Å². The van der Waals surface area contributed by atoms with Crippen LogP contribution in [0.2, 0.25) is 0 Å². The van der Waals surface area contributed by atoms with Crippen LogP contribution in [0.25, 0.3) is 0 Å². The van der Waals surface area contributed by atoms with Crippen molar-refractivity contribution in [2.45, 2.75) is 12.9 Å². The van der Waals surface area contributed by atoms with Crippen LogP contribution in [-0.2, 0) is 16.1 Å². The molecule has 1 aliphatic heterocycles. The van der Waals surface area contributed by atoms with Crippen molar-refractivity contribution in [2.75, 3.05) is 14.2 Å². The van der Waals surface area contributed by atoms with Crippen LogP contribution in [0, 0.1) is 0 Å². The minimum absolute atomic E-state index is 0.272. The summed E-state index contributed by atoms with van der Waals surface area (Å²) >= 11 is 0. The summed E-state index contributed by atoms with van der Waals surface area (Å²) in [5, 5.41) is 0. The Kier molecular flexibility index (Phi) is 2.20. The topological polar surface area (TPSA) is 27.7 Å². The zero-order valence-electron chi connectivity index (χ0n) is 7.74. The molecule has 1 aromatic carbocycles. The molecule has 70 valence electrons. The van der Waals surface area contributed by atoms with Crippen molar-refractivity contribution < 1.29 is 14.2 Å². The maximum atomic E-state index is 5.41. The van der Waals surface area contributed by atoms with E-state index in [0.29, 0.717) is 6.61 Å². The minimum atomic E-state index is -0.272. The molecule has 1 aliphatic rings. The molecule has 3 heteroatoms. The lowest BCUT2D eigenvalue weighted by Gasteiger charge is -2.11. The molecular formula is C10H12O3. The number of methoxy groups -OCH3 is 2. The number of rotatable bonds is 2. The van der Waals surface area contributed by atoms with Crippen molar-refractivity contribution >= 4 is 0 Å². The summed E-state index contributed by atoms with van der Waals surface area (Å²) in [7, 11) is 3.28. The molecule has 0 fully saturated rings. The van der Waals surface area contributed by atoms with E-state index in [9.17, 15) is 0 Å². The molecule has 0 amide bonds. The van der Waals surface area contributed by atoms with Crippen LogP contribution in [0.5, 0.6) is 5.75 Å². The molecule has 13 heavy (non-hydrogen) atoms. The van der Waals surface area contributed by atoms with Crippen LogP contribution in [0.3, 0.4) is 0 Å². The number of hydrogen-bond donors (Lipinski definition) is 0. The summed E-state index contributed by atoms with van der Waals surface area (Å²) in [6.07, 6.45) is -0.272. The van der Waals surface area contributed by atoms with E-state index in [-0.39, 0.29) is 6.29 Å². The van der Waals surface area contributed by atoms with E-state index < -0.39 is 0 Å². The molecule has 0 aromatic heterocycles. The van der Waals surface area contributed by atoms with Gasteiger partial charge in [-0.25, -0.2) is 0 Å². The zero-order valence-corrected chi connectivity index (χ0v) is 7.74. The fraction of sp³-hybridized carbons (Fsp3) is 0.400. The van der Waals surface area contributed by atoms with Crippen molar-refractivity contribution in [3.63, 3.8) is 0 Å². The van der Waals surface area contributed by atoms with Crippen LogP contribution >= 0.6 is 0 Å². The van der Waals surface area contributed by atoms with E-state index in [1.807, 2.05) is 18.2 Å². The van der Waals surface area contributed by atoms with Gasteiger partial charge in [-0.3, -0.25) is 0 Å².